The smallest absolute Gasteiger partial charge is 0.339 e. The topological polar surface area (TPSA) is 102 Å². The first kappa shape index (κ1) is 20.6. The molecule has 1 aliphatic heterocycles. The number of methoxy groups -OCH3 is 1. The second-order valence-corrected chi connectivity index (χ2v) is 6.51. The predicted octanol–water partition coefficient (Wildman–Crippen LogP) is 1.46. The molecule has 0 unspecified atom stereocenters. The van der Waals surface area contributed by atoms with Crippen molar-refractivity contribution in [2.24, 2.45) is 0 Å². The van der Waals surface area contributed by atoms with Gasteiger partial charge in [-0.25, -0.2) is 14.6 Å². The molecule has 0 atom stereocenters. The van der Waals surface area contributed by atoms with Crippen LogP contribution in [0.1, 0.15) is 17.3 Å². The second-order valence-electron chi connectivity index (χ2n) is 6.51. The fourth-order valence-corrected chi connectivity index (χ4v) is 2.98. The Morgan fingerprint density at radius 1 is 1.17 bits per heavy atom. The number of hydrogen-bond donors (Lipinski definition) is 1. The summed E-state index contributed by atoms with van der Waals surface area (Å²) in [7, 11) is 1.64. The molecule has 2 amide bonds. The van der Waals surface area contributed by atoms with E-state index in [2.05, 4.69) is 20.3 Å². The lowest BCUT2D eigenvalue weighted by Gasteiger charge is -2.35. The van der Waals surface area contributed by atoms with Crippen molar-refractivity contribution >= 4 is 23.5 Å². The van der Waals surface area contributed by atoms with Crippen molar-refractivity contribution in [3.05, 3.63) is 36.3 Å². The number of nitrogens with zero attached hydrogens (tertiary/aromatic N) is 5. The Bertz CT molecular complexity index is 814. The van der Waals surface area contributed by atoms with E-state index in [1.807, 2.05) is 0 Å². The molecule has 2 aromatic rings. The Kier molecular flexibility index (Phi) is 7.01. The summed E-state index contributed by atoms with van der Waals surface area (Å²) in [6.07, 6.45) is 4.93. The number of anilines is 2. The van der Waals surface area contributed by atoms with Crippen molar-refractivity contribution in [2.45, 2.75) is 13.5 Å². The fourth-order valence-electron chi connectivity index (χ4n) is 2.98. The van der Waals surface area contributed by atoms with Gasteiger partial charge in [-0.15, -0.1) is 0 Å². The quantitative estimate of drug-likeness (QED) is 0.700. The Morgan fingerprint density at radius 2 is 1.97 bits per heavy atom. The van der Waals surface area contributed by atoms with E-state index in [1.165, 1.54) is 6.20 Å². The first-order valence-electron chi connectivity index (χ1n) is 9.56. The molecular weight excluding hydrogens is 376 g/mol. The molecule has 29 heavy (non-hydrogen) atoms. The maximum Gasteiger partial charge on any atom is 0.339 e. The number of rotatable bonds is 7. The molecule has 1 aliphatic rings. The van der Waals surface area contributed by atoms with Crippen LogP contribution in [-0.4, -0.2) is 78.2 Å². The van der Waals surface area contributed by atoms with Gasteiger partial charge in [-0.1, -0.05) is 0 Å². The molecule has 0 radical (unpaired) electrons. The van der Waals surface area contributed by atoms with Crippen LogP contribution in [0.4, 0.5) is 16.3 Å². The molecule has 2 aromatic heterocycles. The number of nitrogens with one attached hydrogen (secondary N) is 1. The third kappa shape index (κ3) is 5.44. The van der Waals surface area contributed by atoms with Gasteiger partial charge in [0, 0.05) is 45.7 Å². The molecule has 1 N–H and O–H groups in total. The molecule has 10 heteroatoms. The van der Waals surface area contributed by atoms with Gasteiger partial charge in [-0.05, 0) is 19.1 Å². The van der Waals surface area contributed by atoms with Gasteiger partial charge in [-0.3, -0.25) is 4.68 Å². The summed E-state index contributed by atoms with van der Waals surface area (Å²) in [5.74, 6) is 0.399. The van der Waals surface area contributed by atoms with E-state index in [4.69, 9.17) is 9.47 Å². The van der Waals surface area contributed by atoms with E-state index >= 15 is 0 Å². The SMILES string of the molecule is CCOC(=O)c1ccc(N2CCN(C(=O)Nc3cnn(CCOC)c3)CC2)nc1. The summed E-state index contributed by atoms with van der Waals surface area (Å²) in [5.41, 5.74) is 1.09. The molecule has 0 aliphatic carbocycles. The fraction of sp³-hybridized carbons (Fsp3) is 0.474. The Hall–Kier alpha value is -3.14. The normalized spacial score (nSPS) is 14.0. The van der Waals surface area contributed by atoms with Gasteiger partial charge in [-0.2, -0.15) is 5.10 Å². The summed E-state index contributed by atoms with van der Waals surface area (Å²) in [5, 5.41) is 7.06. The highest BCUT2D eigenvalue weighted by Crippen LogP contribution is 2.15. The number of pyridine rings is 1. The van der Waals surface area contributed by atoms with Gasteiger partial charge in [0.25, 0.3) is 0 Å². The lowest BCUT2D eigenvalue weighted by Crippen LogP contribution is -2.50. The van der Waals surface area contributed by atoms with Crippen LogP contribution in [0.2, 0.25) is 0 Å². The van der Waals surface area contributed by atoms with Crippen LogP contribution in [0.25, 0.3) is 0 Å². The number of carbonyl (C=O) groups is 2. The number of amides is 2. The average Bonchev–Trinajstić information content (AvgIpc) is 3.20. The summed E-state index contributed by atoms with van der Waals surface area (Å²) in [4.78, 5) is 32.4. The first-order chi connectivity index (χ1) is 14.1. The highest BCUT2D eigenvalue weighted by Gasteiger charge is 2.22. The van der Waals surface area contributed by atoms with Gasteiger partial charge in [0.05, 0.1) is 37.2 Å². The third-order valence-corrected chi connectivity index (χ3v) is 4.56. The van der Waals surface area contributed by atoms with E-state index in [-0.39, 0.29) is 12.0 Å². The summed E-state index contributed by atoms with van der Waals surface area (Å²) >= 11 is 0. The summed E-state index contributed by atoms with van der Waals surface area (Å²) in [6, 6.07) is 3.36. The largest absolute Gasteiger partial charge is 0.462 e. The molecule has 3 heterocycles. The van der Waals surface area contributed by atoms with Crippen LogP contribution in [-0.2, 0) is 16.0 Å². The number of piperazine rings is 1. The summed E-state index contributed by atoms with van der Waals surface area (Å²) in [6.45, 7) is 5.76. The van der Waals surface area contributed by atoms with Gasteiger partial charge in [0.15, 0.2) is 0 Å². The highest BCUT2D eigenvalue weighted by molar-refractivity contribution is 5.89. The van der Waals surface area contributed by atoms with Crippen LogP contribution in [0.15, 0.2) is 30.7 Å². The van der Waals surface area contributed by atoms with E-state index in [1.54, 1.807) is 48.1 Å². The number of esters is 1. The van der Waals surface area contributed by atoms with Gasteiger partial charge < -0.3 is 24.6 Å². The molecule has 1 fully saturated rings. The maximum atomic E-state index is 12.5. The first-order valence-corrected chi connectivity index (χ1v) is 9.56. The van der Waals surface area contributed by atoms with Gasteiger partial charge >= 0.3 is 12.0 Å². The number of ether oxygens (including phenoxy) is 2. The van der Waals surface area contributed by atoms with Crippen molar-refractivity contribution < 1.29 is 19.1 Å². The number of carbonyl (C=O) groups excluding carboxylic acids is 2. The molecular formula is C19H26N6O4. The predicted molar refractivity (Wildman–Crippen MR) is 107 cm³/mol. The summed E-state index contributed by atoms with van der Waals surface area (Å²) < 4.78 is 11.7. The molecule has 0 aromatic carbocycles. The molecule has 0 spiro atoms. The molecule has 10 nitrogen and oxygen atoms in total. The number of hydrogen-bond acceptors (Lipinski definition) is 7. The minimum absolute atomic E-state index is 0.151. The van der Waals surface area contributed by atoms with Crippen molar-refractivity contribution in [1.82, 2.24) is 19.7 Å². The van der Waals surface area contributed by atoms with Gasteiger partial charge in [0.2, 0.25) is 0 Å². The number of aromatic nitrogens is 3. The van der Waals surface area contributed by atoms with Gasteiger partial charge in [0.1, 0.15) is 5.82 Å². The van der Waals surface area contributed by atoms with Crippen molar-refractivity contribution in [2.75, 3.05) is 56.7 Å². The Morgan fingerprint density at radius 3 is 2.62 bits per heavy atom. The highest BCUT2D eigenvalue weighted by atomic mass is 16.5. The molecule has 156 valence electrons. The molecule has 0 saturated carbocycles. The van der Waals surface area contributed by atoms with Crippen LogP contribution >= 0.6 is 0 Å². The average molecular weight is 402 g/mol. The second kappa shape index (κ2) is 9.87. The maximum absolute atomic E-state index is 12.5. The van der Waals surface area contributed by atoms with E-state index in [0.717, 1.165) is 5.82 Å². The van der Waals surface area contributed by atoms with Crippen LogP contribution < -0.4 is 10.2 Å². The van der Waals surface area contributed by atoms with Crippen molar-refractivity contribution in [1.29, 1.82) is 0 Å². The lowest BCUT2D eigenvalue weighted by atomic mass is 10.2. The van der Waals surface area contributed by atoms with Crippen molar-refractivity contribution in [3.8, 4) is 0 Å². The zero-order valence-electron chi connectivity index (χ0n) is 16.7. The van der Waals surface area contributed by atoms with E-state index in [0.29, 0.717) is 57.2 Å². The number of urea groups is 1. The zero-order chi connectivity index (χ0) is 20.6. The third-order valence-electron chi connectivity index (χ3n) is 4.56. The van der Waals surface area contributed by atoms with Crippen LogP contribution in [0, 0.1) is 0 Å². The molecule has 1 saturated heterocycles. The lowest BCUT2D eigenvalue weighted by molar-refractivity contribution is 0.0526. The van der Waals surface area contributed by atoms with Crippen LogP contribution in [0.3, 0.4) is 0 Å². The minimum Gasteiger partial charge on any atom is -0.462 e. The van der Waals surface area contributed by atoms with E-state index in [9.17, 15) is 9.59 Å². The Balaban J connectivity index is 1.49. The molecule has 3 rings (SSSR count). The molecule has 0 bridgehead atoms. The minimum atomic E-state index is -0.376. The monoisotopic (exact) mass is 402 g/mol. The van der Waals surface area contributed by atoms with Crippen LogP contribution in [0.5, 0.6) is 0 Å². The zero-order valence-corrected chi connectivity index (χ0v) is 16.7. The van der Waals surface area contributed by atoms with Crippen molar-refractivity contribution in [3.63, 3.8) is 0 Å². The van der Waals surface area contributed by atoms with E-state index < -0.39 is 0 Å². The standard InChI is InChI=1S/C19H26N6O4/c1-3-29-18(26)15-4-5-17(20-12-15)23-6-8-24(9-7-23)19(27)22-16-13-21-25(14-16)10-11-28-2/h4-5,12-14H,3,6-11H2,1-2H3,(H,22,27). The Labute approximate surface area is 169 Å².